The van der Waals surface area contributed by atoms with Gasteiger partial charge in [-0.1, -0.05) is 6.07 Å². The summed E-state index contributed by atoms with van der Waals surface area (Å²) in [5.74, 6) is 1.27. The molecule has 4 saturated carbocycles. The van der Waals surface area contributed by atoms with Crippen molar-refractivity contribution in [3.8, 4) is 11.5 Å². The van der Waals surface area contributed by atoms with E-state index in [4.69, 9.17) is 9.15 Å². The van der Waals surface area contributed by atoms with Crippen LogP contribution in [0.2, 0.25) is 0 Å². The molecule has 7 nitrogen and oxygen atoms in total. The summed E-state index contributed by atoms with van der Waals surface area (Å²) >= 11 is 0. The molecule has 9 rings (SSSR count). The third kappa shape index (κ3) is 1.92. The summed E-state index contributed by atoms with van der Waals surface area (Å²) in [5.41, 5.74) is 1.26. The highest BCUT2D eigenvalue weighted by Crippen LogP contribution is 2.81. The topological polar surface area (TPSA) is 86.4 Å². The van der Waals surface area contributed by atoms with Crippen LogP contribution in [0.1, 0.15) is 42.4 Å². The summed E-state index contributed by atoms with van der Waals surface area (Å²) in [6.07, 6.45) is 11.0. The van der Waals surface area contributed by atoms with E-state index in [2.05, 4.69) is 4.90 Å². The molecule has 0 radical (unpaired) electrons. The van der Waals surface area contributed by atoms with E-state index in [1.54, 1.807) is 35.6 Å². The number of furan rings is 1. The summed E-state index contributed by atoms with van der Waals surface area (Å²) in [6.45, 7) is 1.03. The first-order valence-electron chi connectivity index (χ1n) is 12.4. The van der Waals surface area contributed by atoms with Crippen molar-refractivity contribution >= 4 is 12.0 Å². The Morgan fingerprint density at radius 1 is 1.32 bits per heavy atom. The molecule has 34 heavy (non-hydrogen) atoms. The van der Waals surface area contributed by atoms with Crippen molar-refractivity contribution in [3.63, 3.8) is 0 Å². The first kappa shape index (κ1) is 19.5. The fourth-order valence-electron chi connectivity index (χ4n) is 8.49. The van der Waals surface area contributed by atoms with Gasteiger partial charge in [0, 0.05) is 36.8 Å². The minimum atomic E-state index is -0.862. The predicted molar refractivity (Wildman–Crippen MR) is 122 cm³/mol. The fourth-order valence-corrected chi connectivity index (χ4v) is 8.49. The standard InChI is InChI=1S/C27H28N2O5/c1-28(21(31)7-4-16-8-9-33-13-16)18-11-25-14-26-22-17(5-6-19(30)23(22)34-24(18)26)10-20(27(25,26)32)29(25)12-15-2-3-15/h4-9,13,15,18,20,24,30,32H,2-3,10-12,14H2,1H3/t18-,20-,24+,25+,26+,27+/m1/s1. The first-order chi connectivity index (χ1) is 16.4. The van der Waals surface area contributed by atoms with Gasteiger partial charge in [-0.15, -0.1) is 0 Å². The lowest BCUT2D eigenvalue weighted by Crippen LogP contribution is -3.03. The van der Waals surface area contributed by atoms with E-state index in [-0.39, 0.29) is 35.4 Å². The number of rotatable bonds is 5. The lowest BCUT2D eigenvalue weighted by molar-refractivity contribution is -0.403. The molecular weight excluding hydrogens is 432 g/mol. The number of ether oxygens (including phenoxy) is 1. The number of carbonyl (C=O) groups is 1. The van der Waals surface area contributed by atoms with Crippen molar-refractivity contribution in [3.05, 3.63) is 53.5 Å². The maximum Gasteiger partial charge on any atom is 0.246 e. The molecule has 0 unspecified atom stereocenters. The Balaban J connectivity index is 1.22. The summed E-state index contributed by atoms with van der Waals surface area (Å²) in [5, 5.41) is 23.1. The van der Waals surface area contributed by atoms with Gasteiger partial charge in [0.15, 0.2) is 11.5 Å². The molecular formula is C27H28N2O5. The number of likely N-dealkylation sites (tertiary alicyclic amines) is 1. The van der Waals surface area contributed by atoms with Crippen LogP contribution in [-0.2, 0) is 16.6 Å². The van der Waals surface area contributed by atoms with E-state index in [0.29, 0.717) is 12.2 Å². The molecule has 2 bridgehead atoms. The Labute approximate surface area is 197 Å². The Bertz CT molecular complexity index is 1270. The molecule has 1 saturated heterocycles. The normalized spacial score (nSPS) is 40.4. The number of hydrogen-bond donors (Lipinski definition) is 2. The monoisotopic (exact) mass is 460 g/mol. The average molecular weight is 461 g/mol. The van der Waals surface area contributed by atoms with Gasteiger partial charge in [0.1, 0.15) is 11.7 Å². The molecule has 2 N–H and O–H groups in total. The van der Waals surface area contributed by atoms with E-state index in [9.17, 15) is 15.0 Å². The molecule has 1 aromatic heterocycles. The zero-order valence-electron chi connectivity index (χ0n) is 19.1. The molecule has 7 heteroatoms. The summed E-state index contributed by atoms with van der Waals surface area (Å²) in [4.78, 5) is 17.6. The number of benzene rings is 1. The number of fused-ring (bicyclic) bond motifs is 1. The minimum absolute atomic E-state index is 0.0823. The number of aliphatic hydroxyl groups is 1. The Morgan fingerprint density at radius 2 is 2.18 bits per heavy atom. The smallest absolute Gasteiger partial charge is 0.246 e. The number of likely N-dealkylation sites (N-methyl/N-ethyl adjacent to an activating group) is 1. The number of amides is 1. The van der Waals surface area contributed by atoms with Crippen molar-refractivity contribution in [2.75, 3.05) is 13.6 Å². The third-order valence-corrected chi connectivity index (χ3v) is 10.0. The van der Waals surface area contributed by atoms with E-state index in [1.165, 1.54) is 18.4 Å². The maximum absolute atomic E-state index is 13.2. The van der Waals surface area contributed by atoms with Crippen LogP contribution < -0.4 is 4.74 Å². The van der Waals surface area contributed by atoms with Crippen molar-refractivity contribution in [2.24, 2.45) is 5.92 Å². The van der Waals surface area contributed by atoms with Crippen LogP contribution in [0.3, 0.4) is 0 Å². The van der Waals surface area contributed by atoms with Crippen LogP contribution in [-0.4, -0.2) is 68.8 Å². The first-order valence-corrected chi connectivity index (χ1v) is 12.4. The zero-order chi connectivity index (χ0) is 23.0. The van der Waals surface area contributed by atoms with E-state index < -0.39 is 11.0 Å². The fraction of sp³-hybridized carbons (Fsp3) is 0.519. The van der Waals surface area contributed by atoms with E-state index >= 15 is 0 Å². The molecule has 6 atom stereocenters. The van der Waals surface area contributed by atoms with Crippen molar-refractivity contribution in [1.29, 1.82) is 0 Å². The van der Waals surface area contributed by atoms with Gasteiger partial charge >= 0.3 is 0 Å². The highest BCUT2D eigenvalue weighted by atomic mass is 16.5. The predicted octanol–water partition coefficient (Wildman–Crippen LogP) is 2.45. The number of phenolic OH excluding ortho intramolecular Hbond substituents is 1. The number of phenols is 1. The van der Waals surface area contributed by atoms with Crippen LogP contribution in [0.25, 0.3) is 6.08 Å². The van der Waals surface area contributed by atoms with Gasteiger partial charge in [0.05, 0.1) is 29.5 Å². The molecule has 2 spiro atoms. The number of piperidine rings is 1. The molecule has 2 aliphatic heterocycles. The molecule has 5 aliphatic carbocycles. The van der Waals surface area contributed by atoms with Gasteiger partial charge in [0.2, 0.25) is 5.91 Å². The van der Waals surface area contributed by atoms with Crippen molar-refractivity contribution < 1.29 is 24.2 Å². The molecule has 5 fully saturated rings. The molecule has 1 amide bonds. The molecule has 2 aromatic rings. The minimum Gasteiger partial charge on any atom is -0.504 e. The third-order valence-electron chi connectivity index (χ3n) is 10.0. The Kier molecular flexibility index (Phi) is 3.38. The second kappa shape index (κ2) is 5.89. The number of carbonyl (C=O) groups excluding carboxylic acids is 1. The SMILES string of the molecule is CN(C(=O)C=Cc1ccoc1)[C@@H]1C[C@@]23C[C@]45c6c(ccc(O)c6O[C@@H]14)C[C@@H](N2CC1CC1)[C@]35O. The van der Waals surface area contributed by atoms with Crippen LogP contribution >= 0.6 is 0 Å². The van der Waals surface area contributed by atoms with Gasteiger partial charge < -0.3 is 24.3 Å². The molecule has 3 heterocycles. The van der Waals surface area contributed by atoms with Crippen LogP contribution in [0.4, 0.5) is 0 Å². The summed E-state index contributed by atoms with van der Waals surface area (Å²) in [7, 11) is 1.83. The second-order valence-electron chi connectivity index (χ2n) is 11.4. The quantitative estimate of drug-likeness (QED) is 0.667. The van der Waals surface area contributed by atoms with Gasteiger partial charge in [0.25, 0.3) is 0 Å². The van der Waals surface area contributed by atoms with Crippen molar-refractivity contribution in [1.82, 2.24) is 9.80 Å². The molecule has 1 aromatic carbocycles. The molecule has 176 valence electrons. The van der Waals surface area contributed by atoms with Crippen LogP contribution in [0.5, 0.6) is 11.5 Å². The van der Waals surface area contributed by atoms with Crippen LogP contribution in [0.15, 0.2) is 41.2 Å². The van der Waals surface area contributed by atoms with E-state index in [1.807, 2.05) is 19.2 Å². The Morgan fingerprint density at radius 3 is 2.94 bits per heavy atom. The van der Waals surface area contributed by atoms with Gasteiger partial charge in [-0.05, 0) is 61.8 Å². The van der Waals surface area contributed by atoms with Gasteiger partial charge in [-0.3, -0.25) is 9.69 Å². The van der Waals surface area contributed by atoms with Gasteiger partial charge in [-0.25, -0.2) is 0 Å². The van der Waals surface area contributed by atoms with Crippen molar-refractivity contribution in [2.45, 2.75) is 66.8 Å². The number of aromatic hydroxyl groups is 1. The number of hydrogen-bond acceptors (Lipinski definition) is 6. The highest BCUT2D eigenvalue weighted by molar-refractivity contribution is 5.92. The summed E-state index contributed by atoms with van der Waals surface area (Å²) in [6, 6.07) is 5.42. The average Bonchev–Trinajstić information content (AvgIpc) is 3.35. The zero-order valence-corrected chi connectivity index (χ0v) is 19.1. The number of nitrogens with zero attached hydrogens (tertiary/aromatic N) is 2. The van der Waals surface area contributed by atoms with Gasteiger partial charge in [-0.2, -0.15) is 0 Å². The Hall–Kier alpha value is -2.77. The lowest BCUT2D eigenvalue weighted by Gasteiger charge is -2.87. The maximum atomic E-state index is 13.2. The van der Waals surface area contributed by atoms with Crippen LogP contribution in [0, 0.1) is 5.92 Å². The molecule has 7 aliphatic rings. The highest BCUT2D eigenvalue weighted by Gasteiger charge is 2.94. The van der Waals surface area contributed by atoms with E-state index in [0.717, 1.165) is 36.4 Å². The second-order valence-corrected chi connectivity index (χ2v) is 11.4. The largest absolute Gasteiger partial charge is 0.504 e. The lowest BCUT2D eigenvalue weighted by atomic mass is 9.28. The summed E-state index contributed by atoms with van der Waals surface area (Å²) < 4.78 is 11.6.